The number of aliphatic carboxylic acids is 1. The van der Waals surface area contributed by atoms with Gasteiger partial charge in [0.2, 0.25) is 0 Å². The molecular weight excluding hydrogens is 152 g/mol. The second-order valence-electron chi connectivity index (χ2n) is 3.49. The van der Waals surface area contributed by atoms with Crippen LogP contribution in [-0.4, -0.2) is 11.1 Å². The lowest BCUT2D eigenvalue weighted by atomic mass is 9.94. The minimum Gasteiger partial charge on any atom is -0.481 e. The average molecular weight is 170 g/mol. The van der Waals surface area contributed by atoms with Crippen LogP contribution < -0.4 is 0 Å². The maximum Gasteiger partial charge on any atom is 0.303 e. The Labute approximate surface area is 74.3 Å². The molecule has 0 aliphatic heterocycles. The summed E-state index contributed by atoms with van der Waals surface area (Å²) in [7, 11) is 0. The summed E-state index contributed by atoms with van der Waals surface area (Å²) < 4.78 is 0. The Bertz CT molecular complexity index is 152. The molecule has 2 unspecified atom stereocenters. The predicted molar refractivity (Wildman–Crippen MR) is 50.0 cm³/mol. The van der Waals surface area contributed by atoms with Gasteiger partial charge in [-0.15, -0.1) is 6.58 Å². The fourth-order valence-corrected chi connectivity index (χ4v) is 1.22. The Morgan fingerprint density at radius 2 is 2.17 bits per heavy atom. The maximum atomic E-state index is 10.2. The first kappa shape index (κ1) is 11.2. The van der Waals surface area contributed by atoms with Crippen molar-refractivity contribution in [2.75, 3.05) is 0 Å². The summed E-state index contributed by atoms with van der Waals surface area (Å²) in [6.07, 6.45) is 4.01. The summed E-state index contributed by atoms with van der Waals surface area (Å²) in [5, 5.41) is 8.43. The highest BCUT2D eigenvalue weighted by atomic mass is 16.4. The van der Waals surface area contributed by atoms with Gasteiger partial charge in [-0.3, -0.25) is 4.79 Å². The number of rotatable bonds is 6. The molecule has 0 bridgehead atoms. The fourth-order valence-electron chi connectivity index (χ4n) is 1.22. The molecular formula is C10H18O2. The molecule has 0 aromatic rings. The molecule has 0 fully saturated rings. The van der Waals surface area contributed by atoms with E-state index in [-0.39, 0.29) is 6.42 Å². The van der Waals surface area contributed by atoms with Crippen LogP contribution in [0.2, 0.25) is 0 Å². The van der Waals surface area contributed by atoms with Crippen LogP contribution in [0, 0.1) is 11.8 Å². The van der Waals surface area contributed by atoms with Gasteiger partial charge in [0.25, 0.3) is 0 Å². The zero-order valence-electron chi connectivity index (χ0n) is 7.92. The molecule has 0 saturated heterocycles. The predicted octanol–water partition coefficient (Wildman–Crippen LogP) is 2.70. The van der Waals surface area contributed by atoms with Crippen molar-refractivity contribution in [3.63, 3.8) is 0 Å². The van der Waals surface area contributed by atoms with Crippen molar-refractivity contribution in [1.82, 2.24) is 0 Å². The summed E-state index contributed by atoms with van der Waals surface area (Å²) in [4.78, 5) is 10.2. The van der Waals surface area contributed by atoms with Gasteiger partial charge in [0.1, 0.15) is 0 Å². The van der Waals surface area contributed by atoms with Gasteiger partial charge in [0, 0.05) is 6.42 Å². The normalized spacial score (nSPS) is 15.2. The third-order valence-electron chi connectivity index (χ3n) is 2.03. The van der Waals surface area contributed by atoms with Crippen molar-refractivity contribution < 1.29 is 9.90 Å². The van der Waals surface area contributed by atoms with Crippen LogP contribution in [0.1, 0.15) is 33.1 Å². The Morgan fingerprint density at radius 3 is 2.58 bits per heavy atom. The molecule has 0 aliphatic carbocycles. The summed E-state index contributed by atoms with van der Waals surface area (Å²) >= 11 is 0. The minimum atomic E-state index is -0.701. The monoisotopic (exact) mass is 170 g/mol. The van der Waals surface area contributed by atoms with Crippen LogP contribution in [0.4, 0.5) is 0 Å². The molecule has 0 rings (SSSR count). The second kappa shape index (κ2) is 5.81. The number of carbonyl (C=O) groups is 1. The molecule has 12 heavy (non-hydrogen) atoms. The molecule has 0 aromatic heterocycles. The molecule has 70 valence electrons. The van der Waals surface area contributed by atoms with Crippen molar-refractivity contribution in [2.24, 2.45) is 11.8 Å². The highest BCUT2D eigenvalue weighted by Gasteiger charge is 2.07. The first-order valence-corrected chi connectivity index (χ1v) is 4.40. The smallest absolute Gasteiger partial charge is 0.303 e. The molecule has 0 heterocycles. The maximum absolute atomic E-state index is 10.2. The Balaban J connectivity index is 3.51. The first-order chi connectivity index (χ1) is 5.56. The topological polar surface area (TPSA) is 37.3 Å². The van der Waals surface area contributed by atoms with Crippen molar-refractivity contribution in [3.05, 3.63) is 12.7 Å². The number of carboxylic acid groups (broad SMARTS) is 1. The van der Waals surface area contributed by atoms with E-state index < -0.39 is 5.97 Å². The molecule has 0 amide bonds. The molecule has 0 spiro atoms. The van der Waals surface area contributed by atoms with Crippen LogP contribution in [0.25, 0.3) is 0 Å². The van der Waals surface area contributed by atoms with Gasteiger partial charge >= 0.3 is 5.97 Å². The van der Waals surface area contributed by atoms with Crippen LogP contribution >= 0.6 is 0 Å². The summed E-state index contributed by atoms with van der Waals surface area (Å²) in [6, 6.07) is 0. The third kappa shape index (κ3) is 5.96. The Morgan fingerprint density at radius 1 is 1.58 bits per heavy atom. The van der Waals surface area contributed by atoms with E-state index in [2.05, 4.69) is 20.4 Å². The number of carboxylic acids is 1. The van der Waals surface area contributed by atoms with Crippen LogP contribution in [-0.2, 0) is 4.79 Å². The van der Waals surface area contributed by atoms with Crippen molar-refractivity contribution in [1.29, 1.82) is 0 Å². The van der Waals surface area contributed by atoms with Gasteiger partial charge in [-0.05, 0) is 24.7 Å². The molecule has 0 saturated carbocycles. The second-order valence-corrected chi connectivity index (χ2v) is 3.49. The van der Waals surface area contributed by atoms with E-state index in [1.807, 2.05) is 6.08 Å². The average Bonchev–Trinajstić information content (AvgIpc) is 2.00. The van der Waals surface area contributed by atoms with Gasteiger partial charge in [0.15, 0.2) is 0 Å². The molecule has 2 nitrogen and oxygen atoms in total. The number of hydrogen-bond donors (Lipinski definition) is 1. The van der Waals surface area contributed by atoms with E-state index in [9.17, 15) is 4.79 Å². The van der Waals surface area contributed by atoms with E-state index in [1.54, 1.807) is 0 Å². The van der Waals surface area contributed by atoms with Gasteiger partial charge < -0.3 is 5.11 Å². The van der Waals surface area contributed by atoms with Gasteiger partial charge in [-0.1, -0.05) is 19.9 Å². The van der Waals surface area contributed by atoms with Gasteiger partial charge in [-0.25, -0.2) is 0 Å². The minimum absolute atomic E-state index is 0.283. The highest BCUT2D eigenvalue weighted by molar-refractivity contribution is 5.66. The molecule has 1 N–H and O–H groups in total. The Hall–Kier alpha value is -0.790. The van der Waals surface area contributed by atoms with E-state index in [4.69, 9.17) is 5.11 Å². The lowest BCUT2D eigenvalue weighted by Gasteiger charge is -2.12. The Kier molecular flexibility index (Phi) is 5.43. The quantitative estimate of drug-likeness (QED) is 0.622. The zero-order valence-corrected chi connectivity index (χ0v) is 7.92. The zero-order chi connectivity index (χ0) is 9.56. The third-order valence-corrected chi connectivity index (χ3v) is 2.03. The van der Waals surface area contributed by atoms with E-state index in [1.165, 1.54) is 0 Å². The van der Waals surface area contributed by atoms with Crippen molar-refractivity contribution in [3.8, 4) is 0 Å². The van der Waals surface area contributed by atoms with E-state index in [0.717, 1.165) is 12.8 Å². The number of hydrogen-bond acceptors (Lipinski definition) is 1. The van der Waals surface area contributed by atoms with E-state index in [0.29, 0.717) is 11.8 Å². The fraction of sp³-hybridized carbons (Fsp3) is 0.700. The molecule has 2 atom stereocenters. The van der Waals surface area contributed by atoms with Crippen molar-refractivity contribution in [2.45, 2.75) is 33.1 Å². The van der Waals surface area contributed by atoms with Crippen LogP contribution in [0.15, 0.2) is 12.7 Å². The van der Waals surface area contributed by atoms with Crippen LogP contribution in [0.3, 0.4) is 0 Å². The van der Waals surface area contributed by atoms with E-state index >= 15 is 0 Å². The summed E-state index contributed by atoms with van der Waals surface area (Å²) in [5.41, 5.74) is 0. The lowest BCUT2D eigenvalue weighted by Crippen LogP contribution is -2.04. The summed E-state index contributed by atoms with van der Waals surface area (Å²) in [5.74, 6) is 0.274. The van der Waals surface area contributed by atoms with Crippen molar-refractivity contribution >= 4 is 5.97 Å². The molecule has 0 aliphatic rings. The van der Waals surface area contributed by atoms with Crippen LogP contribution in [0.5, 0.6) is 0 Å². The highest BCUT2D eigenvalue weighted by Crippen LogP contribution is 2.16. The molecule has 0 aromatic carbocycles. The standard InChI is InChI=1S/C10H18O2/c1-4-8(2)7-9(3)5-6-10(11)12/h4,8-9H,1,5-7H2,2-3H3,(H,11,12). The largest absolute Gasteiger partial charge is 0.481 e. The summed E-state index contributed by atoms with van der Waals surface area (Å²) in [6.45, 7) is 7.88. The first-order valence-electron chi connectivity index (χ1n) is 4.40. The number of allylic oxidation sites excluding steroid dienone is 1. The lowest BCUT2D eigenvalue weighted by molar-refractivity contribution is -0.137. The van der Waals surface area contributed by atoms with Gasteiger partial charge in [-0.2, -0.15) is 0 Å². The SMILES string of the molecule is C=CC(C)CC(C)CCC(=O)O. The molecule has 2 heteroatoms. The van der Waals surface area contributed by atoms with Gasteiger partial charge in [0.05, 0.1) is 0 Å². The molecule has 0 radical (unpaired) electrons.